The average Bonchev–Trinajstić information content (AvgIpc) is 2.33. The van der Waals surface area contributed by atoms with E-state index in [0.29, 0.717) is 4.99 Å². The molecule has 0 spiro atoms. The van der Waals surface area contributed by atoms with Crippen LogP contribution in [-0.4, -0.2) is 9.97 Å². The van der Waals surface area contributed by atoms with Crippen molar-refractivity contribution in [2.24, 2.45) is 5.73 Å². The molecule has 0 saturated carbocycles. The minimum absolute atomic E-state index is 0.418. The fourth-order valence-electron chi connectivity index (χ4n) is 1.55. The van der Waals surface area contributed by atoms with Gasteiger partial charge < -0.3 is 11.1 Å². The molecule has 1 aromatic heterocycles. The van der Waals surface area contributed by atoms with Crippen LogP contribution < -0.4 is 11.1 Å². The Morgan fingerprint density at radius 3 is 2.76 bits per heavy atom. The maximum Gasteiger partial charge on any atom is 0.103 e. The summed E-state index contributed by atoms with van der Waals surface area (Å²) in [6, 6.07) is 9.71. The third-order valence-corrected chi connectivity index (χ3v) is 2.69. The first-order chi connectivity index (χ1) is 8.16. The highest BCUT2D eigenvalue weighted by atomic mass is 32.1. The van der Waals surface area contributed by atoms with E-state index in [1.54, 1.807) is 12.4 Å². The number of aromatic nitrogens is 1. The number of nitrogens with zero attached hydrogens (tertiary/aromatic N) is 1. The van der Waals surface area contributed by atoms with Gasteiger partial charge in [0.1, 0.15) is 4.99 Å². The van der Waals surface area contributed by atoms with Crippen LogP contribution in [0.25, 0.3) is 0 Å². The highest BCUT2D eigenvalue weighted by Crippen LogP contribution is 2.20. The Morgan fingerprint density at radius 1 is 1.35 bits per heavy atom. The third kappa shape index (κ3) is 2.79. The molecule has 17 heavy (non-hydrogen) atoms. The van der Waals surface area contributed by atoms with Crippen molar-refractivity contribution in [1.82, 2.24) is 4.98 Å². The topological polar surface area (TPSA) is 50.9 Å². The summed E-state index contributed by atoms with van der Waals surface area (Å²) in [5, 5.41) is 3.29. The van der Waals surface area contributed by atoms with Gasteiger partial charge in [-0.2, -0.15) is 0 Å². The third-order valence-electron chi connectivity index (χ3n) is 2.45. The fourth-order valence-corrected chi connectivity index (χ4v) is 1.68. The van der Waals surface area contributed by atoms with Crippen molar-refractivity contribution in [3.05, 3.63) is 53.9 Å². The van der Waals surface area contributed by atoms with Gasteiger partial charge in [0.25, 0.3) is 0 Å². The van der Waals surface area contributed by atoms with Gasteiger partial charge in [-0.1, -0.05) is 12.2 Å². The van der Waals surface area contributed by atoms with Gasteiger partial charge in [-0.05, 0) is 42.8 Å². The number of hydrogen-bond acceptors (Lipinski definition) is 3. The molecule has 1 aromatic carbocycles. The Morgan fingerprint density at radius 2 is 2.18 bits per heavy atom. The smallest absolute Gasteiger partial charge is 0.103 e. The van der Waals surface area contributed by atoms with E-state index < -0.39 is 0 Å². The Balaban J connectivity index is 2.26. The van der Waals surface area contributed by atoms with Crippen LogP contribution in [0.1, 0.15) is 11.1 Å². The molecular weight excluding hydrogens is 230 g/mol. The summed E-state index contributed by atoms with van der Waals surface area (Å²) < 4.78 is 0. The van der Waals surface area contributed by atoms with Crippen LogP contribution in [0.15, 0.2) is 42.7 Å². The quantitative estimate of drug-likeness (QED) is 0.814. The van der Waals surface area contributed by atoms with Gasteiger partial charge in [-0.3, -0.25) is 4.98 Å². The van der Waals surface area contributed by atoms with Crippen molar-refractivity contribution in [3.8, 4) is 0 Å². The maximum absolute atomic E-state index is 5.59. The lowest BCUT2D eigenvalue weighted by Gasteiger charge is -2.10. The summed E-state index contributed by atoms with van der Waals surface area (Å²) >= 11 is 4.94. The first kappa shape index (κ1) is 11.5. The predicted octanol–water partition coefficient (Wildman–Crippen LogP) is 2.77. The Bertz CT molecular complexity index is 538. The van der Waals surface area contributed by atoms with Gasteiger partial charge in [0, 0.05) is 17.4 Å². The number of nitrogens with two attached hydrogens (primary N) is 1. The number of aryl methyl sites for hydroxylation is 1. The molecule has 0 unspecified atom stereocenters. The zero-order chi connectivity index (χ0) is 12.3. The second-order valence-corrected chi connectivity index (χ2v) is 4.20. The van der Waals surface area contributed by atoms with Crippen LogP contribution in [0.3, 0.4) is 0 Å². The molecule has 0 radical (unpaired) electrons. The van der Waals surface area contributed by atoms with Crippen molar-refractivity contribution >= 4 is 28.6 Å². The van der Waals surface area contributed by atoms with Crippen LogP contribution >= 0.6 is 12.2 Å². The summed E-state index contributed by atoms with van der Waals surface area (Å²) in [6.45, 7) is 2.01. The summed E-state index contributed by atoms with van der Waals surface area (Å²) in [6.07, 6.45) is 3.52. The van der Waals surface area contributed by atoms with Crippen LogP contribution in [-0.2, 0) is 0 Å². The lowest BCUT2D eigenvalue weighted by atomic mass is 10.1. The summed E-state index contributed by atoms with van der Waals surface area (Å²) in [5.41, 5.74) is 9.55. The number of hydrogen-bond donors (Lipinski definition) is 2. The fraction of sp³-hybridized carbons (Fsp3) is 0.0769. The van der Waals surface area contributed by atoms with Gasteiger partial charge in [0.15, 0.2) is 0 Å². The molecule has 4 heteroatoms. The Labute approximate surface area is 106 Å². The molecule has 1 heterocycles. The van der Waals surface area contributed by atoms with Crippen LogP contribution in [0.2, 0.25) is 0 Å². The zero-order valence-corrected chi connectivity index (χ0v) is 10.3. The van der Waals surface area contributed by atoms with Crippen molar-refractivity contribution < 1.29 is 0 Å². The standard InChI is InChI=1S/C13H13N3S/c1-9-7-10(13(14)17)4-5-12(9)16-11-3-2-6-15-8-11/h2-8,16H,1H3,(H2,14,17). The van der Waals surface area contributed by atoms with E-state index in [1.807, 2.05) is 37.3 Å². The number of benzene rings is 1. The second kappa shape index (κ2) is 4.93. The van der Waals surface area contributed by atoms with E-state index in [1.165, 1.54) is 0 Å². The molecule has 86 valence electrons. The zero-order valence-electron chi connectivity index (χ0n) is 9.47. The van der Waals surface area contributed by atoms with Crippen molar-refractivity contribution in [2.45, 2.75) is 6.92 Å². The summed E-state index contributed by atoms with van der Waals surface area (Å²) in [7, 11) is 0. The summed E-state index contributed by atoms with van der Waals surface area (Å²) in [5.74, 6) is 0. The minimum Gasteiger partial charge on any atom is -0.389 e. The van der Waals surface area contributed by atoms with E-state index in [9.17, 15) is 0 Å². The van der Waals surface area contributed by atoms with E-state index in [2.05, 4.69) is 10.3 Å². The molecule has 2 rings (SSSR count). The van der Waals surface area contributed by atoms with E-state index >= 15 is 0 Å². The van der Waals surface area contributed by atoms with Gasteiger partial charge in [-0.15, -0.1) is 0 Å². The van der Waals surface area contributed by atoms with Gasteiger partial charge in [0.2, 0.25) is 0 Å². The highest BCUT2D eigenvalue weighted by Gasteiger charge is 2.02. The predicted molar refractivity (Wildman–Crippen MR) is 74.6 cm³/mol. The van der Waals surface area contributed by atoms with E-state index in [4.69, 9.17) is 18.0 Å². The lowest BCUT2D eigenvalue weighted by molar-refractivity contribution is 1.31. The normalized spacial score (nSPS) is 9.94. The molecule has 3 nitrogen and oxygen atoms in total. The maximum atomic E-state index is 5.59. The lowest BCUT2D eigenvalue weighted by Crippen LogP contribution is -2.09. The van der Waals surface area contributed by atoms with Gasteiger partial charge >= 0.3 is 0 Å². The number of nitrogens with one attached hydrogen (secondary N) is 1. The van der Waals surface area contributed by atoms with Gasteiger partial charge in [0.05, 0.1) is 11.9 Å². The molecule has 0 atom stereocenters. The van der Waals surface area contributed by atoms with Crippen molar-refractivity contribution in [2.75, 3.05) is 5.32 Å². The first-order valence-electron chi connectivity index (χ1n) is 5.24. The largest absolute Gasteiger partial charge is 0.389 e. The van der Waals surface area contributed by atoms with Crippen LogP contribution in [0.4, 0.5) is 11.4 Å². The summed E-state index contributed by atoms with van der Waals surface area (Å²) in [4.78, 5) is 4.47. The van der Waals surface area contributed by atoms with Gasteiger partial charge in [-0.25, -0.2) is 0 Å². The van der Waals surface area contributed by atoms with Crippen LogP contribution in [0.5, 0.6) is 0 Å². The number of thiocarbonyl (C=S) groups is 1. The van der Waals surface area contributed by atoms with E-state index in [0.717, 1.165) is 22.5 Å². The Kier molecular flexibility index (Phi) is 3.35. The number of pyridine rings is 1. The van der Waals surface area contributed by atoms with E-state index in [-0.39, 0.29) is 0 Å². The average molecular weight is 243 g/mol. The molecule has 0 fully saturated rings. The molecule has 0 bridgehead atoms. The molecule has 0 aliphatic carbocycles. The molecule has 0 amide bonds. The molecule has 2 aromatic rings. The number of rotatable bonds is 3. The first-order valence-corrected chi connectivity index (χ1v) is 5.65. The molecule has 0 aliphatic heterocycles. The second-order valence-electron chi connectivity index (χ2n) is 3.76. The van der Waals surface area contributed by atoms with Crippen molar-refractivity contribution in [3.63, 3.8) is 0 Å². The monoisotopic (exact) mass is 243 g/mol. The molecule has 0 aliphatic rings. The van der Waals surface area contributed by atoms with Crippen molar-refractivity contribution in [1.29, 1.82) is 0 Å². The van der Waals surface area contributed by atoms with Crippen LogP contribution in [0, 0.1) is 6.92 Å². The molecule has 3 N–H and O–H groups in total. The molecular formula is C13H13N3S. The SMILES string of the molecule is Cc1cc(C(N)=S)ccc1Nc1cccnc1. The Hall–Kier alpha value is -1.94. The highest BCUT2D eigenvalue weighted by molar-refractivity contribution is 7.80. The number of anilines is 2. The molecule has 0 saturated heterocycles. The minimum atomic E-state index is 0.418.